The molecule has 0 bridgehead atoms. The highest BCUT2D eigenvalue weighted by Gasteiger charge is 2.18. The Morgan fingerprint density at radius 3 is 2.31 bits per heavy atom. The van der Waals surface area contributed by atoms with E-state index in [1.54, 1.807) is 54.9 Å². The number of imidazole rings is 1. The van der Waals surface area contributed by atoms with Crippen LogP contribution < -0.4 is 9.46 Å². The quantitative estimate of drug-likeness (QED) is 0.524. The molecule has 0 atom stereocenters. The first-order valence-electron chi connectivity index (χ1n) is 8.68. The highest BCUT2D eigenvalue weighted by Crippen LogP contribution is 2.23. The summed E-state index contributed by atoms with van der Waals surface area (Å²) in [7, 11) is -2.02. The molecule has 0 spiro atoms. The van der Waals surface area contributed by atoms with Crippen molar-refractivity contribution in [1.82, 2.24) is 24.3 Å². The van der Waals surface area contributed by atoms with Gasteiger partial charge in [0.15, 0.2) is 10.8 Å². The van der Waals surface area contributed by atoms with Crippen LogP contribution in [0.15, 0.2) is 72.1 Å². The summed E-state index contributed by atoms with van der Waals surface area (Å²) in [5.74, 6) is 2.12. The summed E-state index contributed by atoms with van der Waals surface area (Å²) < 4.78 is 36.5. The van der Waals surface area contributed by atoms with Gasteiger partial charge in [-0.3, -0.25) is 4.72 Å². The van der Waals surface area contributed by atoms with Crippen molar-refractivity contribution in [3.05, 3.63) is 72.9 Å². The van der Waals surface area contributed by atoms with E-state index in [-0.39, 0.29) is 5.03 Å². The summed E-state index contributed by atoms with van der Waals surface area (Å²) in [6, 6.07) is 13.8. The van der Waals surface area contributed by atoms with Crippen LogP contribution in [-0.2, 0) is 17.1 Å². The Morgan fingerprint density at radius 1 is 1.00 bits per heavy atom. The molecule has 9 nitrogen and oxygen atoms in total. The maximum Gasteiger partial charge on any atom is 0.280 e. The minimum Gasteiger partial charge on any atom is -0.438 e. The Morgan fingerprint density at radius 2 is 1.72 bits per heavy atom. The Kier molecular flexibility index (Phi) is 4.77. The molecule has 0 aliphatic heterocycles. The number of aryl methyl sites for hydroxylation is 2. The minimum atomic E-state index is -3.76. The first-order chi connectivity index (χ1) is 13.9. The standard InChI is InChI=1S/C19H18N6O3S/c1-14-20-19(13-24(14)2)29(26,27)23-15-5-7-16(8-6-15)28-18-10-9-17(21-22-18)25-11-3-4-12-25/h3-13,23H,1-2H3. The molecule has 0 aliphatic rings. The third-order valence-electron chi connectivity index (χ3n) is 4.19. The molecule has 0 unspecified atom stereocenters. The fourth-order valence-corrected chi connectivity index (χ4v) is 3.67. The number of hydrogen-bond donors (Lipinski definition) is 1. The molecule has 1 aromatic carbocycles. The number of ether oxygens (including phenoxy) is 1. The number of anilines is 1. The van der Waals surface area contributed by atoms with Crippen molar-refractivity contribution in [2.24, 2.45) is 7.05 Å². The Bertz CT molecular complexity index is 1190. The van der Waals surface area contributed by atoms with Crippen molar-refractivity contribution in [1.29, 1.82) is 0 Å². The molecule has 0 amide bonds. The van der Waals surface area contributed by atoms with Gasteiger partial charge in [-0.2, -0.15) is 8.42 Å². The summed E-state index contributed by atoms with van der Waals surface area (Å²) in [5.41, 5.74) is 0.398. The zero-order chi connectivity index (χ0) is 20.4. The average Bonchev–Trinajstić information content (AvgIpc) is 3.35. The molecule has 148 valence electrons. The minimum absolute atomic E-state index is 0.0316. The van der Waals surface area contributed by atoms with E-state index in [1.807, 2.05) is 29.1 Å². The van der Waals surface area contributed by atoms with E-state index < -0.39 is 10.0 Å². The lowest BCUT2D eigenvalue weighted by molar-refractivity contribution is 0.454. The fourth-order valence-electron chi connectivity index (χ4n) is 2.57. The van der Waals surface area contributed by atoms with E-state index in [0.717, 1.165) is 0 Å². The Labute approximate surface area is 167 Å². The summed E-state index contributed by atoms with van der Waals surface area (Å²) in [5, 5.41) is 8.13. The molecule has 4 rings (SSSR count). The van der Waals surface area contributed by atoms with Crippen molar-refractivity contribution in [3.63, 3.8) is 0 Å². The first kappa shape index (κ1) is 18.7. The molecule has 29 heavy (non-hydrogen) atoms. The molecule has 10 heteroatoms. The molecule has 4 aromatic rings. The SMILES string of the molecule is Cc1nc(S(=O)(=O)Nc2ccc(Oc3ccc(-n4cccc4)nn3)cc2)cn1C. The van der Waals surface area contributed by atoms with E-state index >= 15 is 0 Å². The monoisotopic (exact) mass is 410 g/mol. The van der Waals surface area contributed by atoms with E-state index in [1.165, 1.54) is 6.20 Å². The van der Waals surface area contributed by atoms with Crippen LogP contribution in [0, 0.1) is 6.92 Å². The predicted octanol–water partition coefficient (Wildman–Crippen LogP) is 2.90. The van der Waals surface area contributed by atoms with Crippen molar-refractivity contribution in [2.45, 2.75) is 11.9 Å². The molecule has 3 heterocycles. The van der Waals surface area contributed by atoms with Gasteiger partial charge in [0, 0.05) is 37.4 Å². The Balaban J connectivity index is 1.44. The van der Waals surface area contributed by atoms with E-state index in [2.05, 4.69) is 19.9 Å². The number of nitrogens with one attached hydrogen (secondary N) is 1. The third-order valence-corrected chi connectivity index (χ3v) is 5.44. The van der Waals surface area contributed by atoms with Gasteiger partial charge in [-0.25, -0.2) is 4.98 Å². The van der Waals surface area contributed by atoms with E-state index in [4.69, 9.17) is 4.74 Å². The van der Waals surface area contributed by atoms with Gasteiger partial charge in [0.2, 0.25) is 5.88 Å². The Hall–Kier alpha value is -3.66. The van der Waals surface area contributed by atoms with Crippen LogP contribution in [0.25, 0.3) is 5.82 Å². The van der Waals surface area contributed by atoms with Gasteiger partial charge < -0.3 is 13.9 Å². The van der Waals surface area contributed by atoms with Crippen molar-refractivity contribution < 1.29 is 13.2 Å². The van der Waals surface area contributed by atoms with Gasteiger partial charge in [-0.05, 0) is 49.4 Å². The van der Waals surface area contributed by atoms with Gasteiger partial charge in [0.1, 0.15) is 11.6 Å². The fraction of sp³-hybridized carbons (Fsp3) is 0.105. The largest absolute Gasteiger partial charge is 0.438 e. The highest BCUT2D eigenvalue weighted by atomic mass is 32.2. The van der Waals surface area contributed by atoms with Gasteiger partial charge >= 0.3 is 0 Å². The molecular weight excluding hydrogens is 392 g/mol. The number of hydrogen-bond acceptors (Lipinski definition) is 6. The topological polar surface area (TPSA) is 104 Å². The first-order valence-corrected chi connectivity index (χ1v) is 10.2. The molecule has 0 saturated carbocycles. The third kappa shape index (κ3) is 4.11. The predicted molar refractivity (Wildman–Crippen MR) is 107 cm³/mol. The number of sulfonamides is 1. The van der Waals surface area contributed by atoms with Crippen LogP contribution >= 0.6 is 0 Å². The molecule has 0 aliphatic carbocycles. The van der Waals surface area contributed by atoms with Crippen molar-refractivity contribution in [2.75, 3.05) is 4.72 Å². The summed E-state index contributed by atoms with van der Waals surface area (Å²) >= 11 is 0. The second-order valence-electron chi connectivity index (χ2n) is 6.29. The molecule has 1 N–H and O–H groups in total. The maximum absolute atomic E-state index is 12.4. The van der Waals surface area contributed by atoms with Crippen molar-refractivity contribution in [3.8, 4) is 17.4 Å². The highest BCUT2D eigenvalue weighted by molar-refractivity contribution is 7.92. The summed E-state index contributed by atoms with van der Waals surface area (Å²) in [6.07, 6.45) is 5.21. The smallest absolute Gasteiger partial charge is 0.280 e. The summed E-state index contributed by atoms with van der Waals surface area (Å²) in [4.78, 5) is 4.05. The van der Waals surface area contributed by atoms with Gasteiger partial charge in [0.25, 0.3) is 10.0 Å². The lowest BCUT2D eigenvalue weighted by Crippen LogP contribution is -2.13. The van der Waals surface area contributed by atoms with Crippen LogP contribution in [0.2, 0.25) is 0 Å². The van der Waals surface area contributed by atoms with E-state index in [0.29, 0.717) is 29.0 Å². The van der Waals surface area contributed by atoms with Gasteiger partial charge in [0.05, 0.1) is 0 Å². The molecule has 3 aromatic heterocycles. The number of benzene rings is 1. The zero-order valence-electron chi connectivity index (χ0n) is 15.7. The molecule has 0 saturated heterocycles. The normalized spacial score (nSPS) is 11.4. The number of rotatable bonds is 6. The second-order valence-corrected chi connectivity index (χ2v) is 7.92. The van der Waals surface area contributed by atoms with Gasteiger partial charge in [-0.15, -0.1) is 10.2 Å². The van der Waals surface area contributed by atoms with Crippen LogP contribution in [0.5, 0.6) is 11.6 Å². The lowest BCUT2D eigenvalue weighted by Gasteiger charge is -2.08. The van der Waals surface area contributed by atoms with Crippen LogP contribution in [0.1, 0.15) is 5.82 Å². The van der Waals surface area contributed by atoms with E-state index in [9.17, 15) is 8.42 Å². The number of nitrogens with zero attached hydrogens (tertiary/aromatic N) is 5. The van der Waals surface area contributed by atoms with Crippen molar-refractivity contribution >= 4 is 15.7 Å². The zero-order valence-corrected chi connectivity index (χ0v) is 16.5. The molecular formula is C19H18N6O3S. The number of aromatic nitrogens is 5. The van der Waals surface area contributed by atoms with Crippen LogP contribution in [0.4, 0.5) is 5.69 Å². The summed E-state index contributed by atoms with van der Waals surface area (Å²) in [6.45, 7) is 1.74. The lowest BCUT2D eigenvalue weighted by atomic mass is 10.3. The van der Waals surface area contributed by atoms with Crippen LogP contribution in [-0.4, -0.2) is 32.7 Å². The molecule has 0 radical (unpaired) electrons. The average molecular weight is 410 g/mol. The van der Waals surface area contributed by atoms with Gasteiger partial charge in [-0.1, -0.05) is 0 Å². The second kappa shape index (κ2) is 7.40. The maximum atomic E-state index is 12.4. The molecule has 0 fully saturated rings. The van der Waals surface area contributed by atoms with Crippen LogP contribution in [0.3, 0.4) is 0 Å².